The molecule has 0 radical (unpaired) electrons. The van der Waals surface area contributed by atoms with Crippen LogP contribution in [0.2, 0.25) is 5.02 Å². The van der Waals surface area contributed by atoms with E-state index in [4.69, 9.17) is 16.3 Å². The van der Waals surface area contributed by atoms with Gasteiger partial charge in [-0.1, -0.05) is 37.3 Å². The third-order valence-corrected chi connectivity index (χ3v) is 5.88. The molecule has 1 amide bonds. The second-order valence-corrected chi connectivity index (χ2v) is 9.51. The number of rotatable bonds is 8. The Morgan fingerprint density at radius 1 is 1.24 bits per heavy atom. The number of aromatic amines is 1. The molecule has 2 heterocycles. The van der Waals surface area contributed by atoms with Gasteiger partial charge >= 0.3 is 0 Å². The standard InChI is InChI=1S/C24H28ClN5O3/c1-24(2,32)14-33-17-7-8-19(25)18(13-17)16-9-10-26-20(12-16)28-23(31)22-27-21(29-30-22)11-15-5-3-4-6-15/h7-10,12-13,15,32H,3-6,11,14H2,1-2H3,(H,26,28,31)(H,27,29,30). The number of carbonyl (C=O) groups excluding carboxylic acids is 1. The van der Waals surface area contributed by atoms with E-state index in [2.05, 4.69) is 25.5 Å². The fourth-order valence-corrected chi connectivity index (χ4v) is 4.12. The Labute approximate surface area is 197 Å². The van der Waals surface area contributed by atoms with Crippen LogP contribution in [0, 0.1) is 5.92 Å². The van der Waals surface area contributed by atoms with E-state index in [0.717, 1.165) is 23.4 Å². The number of H-pyrrole nitrogens is 1. The second-order valence-electron chi connectivity index (χ2n) is 9.10. The van der Waals surface area contributed by atoms with Crippen molar-refractivity contribution in [1.82, 2.24) is 20.2 Å². The molecule has 8 nitrogen and oxygen atoms in total. The normalized spacial score (nSPS) is 14.4. The van der Waals surface area contributed by atoms with Gasteiger partial charge in [0.15, 0.2) is 0 Å². The first-order chi connectivity index (χ1) is 15.8. The Morgan fingerprint density at radius 2 is 2.03 bits per heavy atom. The van der Waals surface area contributed by atoms with Crippen molar-refractivity contribution in [3.8, 4) is 16.9 Å². The number of nitrogens with one attached hydrogen (secondary N) is 2. The van der Waals surface area contributed by atoms with E-state index in [1.165, 1.54) is 25.7 Å². The maximum absolute atomic E-state index is 12.7. The number of nitrogens with zero attached hydrogens (tertiary/aromatic N) is 3. The highest BCUT2D eigenvalue weighted by atomic mass is 35.5. The number of hydrogen-bond acceptors (Lipinski definition) is 6. The van der Waals surface area contributed by atoms with E-state index < -0.39 is 11.5 Å². The molecule has 2 aromatic heterocycles. The van der Waals surface area contributed by atoms with Crippen LogP contribution in [0.3, 0.4) is 0 Å². The van der Waals surface area contributed by atoms with E-state index in [1.54, 1.807) is 50.4 Å². The monoisotopic (exact) mass is 469 g/mol. The summed E-state index contributed by atoms with van der Waals surface area (Å²) in [6.45, 7) is 3.49. The van der Waals surface area contributed by atoms with Crippen molar-refractivity contribution in [2.75, 3.05) is 11.9 Å². The lowest BCUT2D eigenvalue weighted by atomic mass is 10.0. The van der Waals surface area contributed by atoms with Gasteiger partial charge in [0, 0.05) is 23.2 Å². The fourth-order valence-electron chi connectivity index (χ4n) is 3.90. The van der Waals surface area contributed by atoms with Crippen LogP contribution in [-0.4, -0.2) is 43.4 Å². The lowest BCUT2D eigenvalue weighted by Crippen LogP contribution is -2.27. The zero-order valence-electron chi connectivity index (χ0n) is 18.8. The topological polar surface area (TPSA) is 113 Å². The number of anilines is 1. The fraction of sp³-hybridized carbons (Fsp3) is 0.417. The van der Waals surface area contributed by atoms with Crippen molar-refractivity contribution in [3.63, 3.8) is 0 Å². The first kappa shape index (κ1) is 23.2. The minimum atomic E-state index is -0.953. The molecule has 3 N–H and O–H groups in total. The summed E-state index contributed by atoms with van der Waals surface area (Å²) in [5.74, 6) is 2.05. The average molecular weight is 470 g/mol. The summed E-state index contributed by atoms with van der Waals surface area (Å²) in [4.78, 5) is 19.9. The van der Waals surface area contributed by atoms with Crippen molar-refractivity contribution >= 4 is 23.3 Å². The quantitative estimate of drug-likeness (QED) is 0.442. The highest BCUT2D eigenvalue weighted by Crippen LogP contribution is 2.32. The number of pyridine rings is 1. The molecule has 0 spiro atoms. The molecule has 0 atom stereocenters. The Kier molecular flexibility index (Phi) is 6.95. The third-order valence-electron chi connectivity index (χ3n) is 5.55. The highest BCUT2D eigenvalue weighted by molar-refractivity contribution is 6.33. The lowest BCUT2D eigenvalue weighted by Gasteiger charge is -2.18. The molecule has 1 aliphatic rings. The molecular formula is C24H28ClN5O3. The van der Waals surface area contributed by atoms with E-state index in [9.17, 15) is 9.90 Å². The van der Waals surface area contributed by atoms with Crippen LogP contribution in [0.25, 0.3) is 11.1 Å². The Balaban J connectivity index is 1.46. The third kappa shape index (κ3) is 6.30. The summed E-state index contributed by atoms with van der Waals surface area (Å²) in [6, 6.07) is 8.80. The zero-order chi connectivity index (χ0) is 23.4. The number of halogens is 1. The maximum atomic E-state index is 12.7. The zero-order valence-corrected chi connectivity index (χ0v) is 19.5. The van der Waals surface area contributed by atoms with E-state index in [1.807, 2.05) is 0 Å². The molecule has 174 valence electrons. The summed E-state index contributed by atoms with van der Waals surface area (Å²) in [5.41, 5.74) is 0.533. The summed E-state index contributed by atoms with van der Waals surface area (Å²) < 4.78 is 5.68. The molecule has 33 heavy (non-hydrogen) atoms. The van der Waals surface area contributed by atoms with Gasteiger partial charge < -0.3 is 20.1 Å². The first-order valence-electron chi connectivity index (χ1n) is 11.1. The molecule has 1 fully saturated rings. The number of benzene rings is 1. The number of aliphatic hydroxyl groups is 1. The molecular weight excluding hydrogens is 442 g/mol. The minimum Gasteiger partial charge on any atom is -0.491 e. The number of hydrogen-bond donors (Lipinski definition) is 3. The minimum absolute atomic E-state index is 0.144. The number of aromatic nitrogens is 4. The molecule has 0 aliphatic heterocycles. The van der Waals surface area contributed by atoms with Gasteiger partial charge in [-0.2, -0.15) is 0 Å². The maximum Gasteiger partial charge on any atom is 0.294 e. The average Bonchev–Trinajstić information content (AvgIpc) is 3.45. The molecule has 1 saturated carbocycles. The van der Waals surface area contributed by atoms with Crippen LogP contribution in [0.5, 0.6) is 5.75 Å². The van der Waals surface area contributed by atoms with Gasteiger partial charge in [-0.05, 0) is 55.7 Å². The molecule has 4 rings (SSSR count). The van der Waals surface area contributed by atoms with Crippen molar-refractivity contribution in [2.45, 2.75) is 51.6 Å². The van der Waals surface area contributed by atoms with Crippen LogP contribution in [0.4, 0.5) is 5.82 Å². The van der Waals surface area contributed by atoms with E-state index in [0.29, 0.717) is 22.5 Å². The van der Waals surface area contributed by atoms with Gasteiger partial charge in [0.25, 0.3) is 5.91 Å². The van der Waals surface area contributed by atoms with Crippen LogP contribution < -0.4 is 10.1 Å². The molecule has 1 aromatic carbocycles. The van der Waals surface area contributed by atoms with E-state index >= 15 is 0 Å². The summed E-state index contributed by atoms with van der Waals surface area (Å²) in [6.07, 6.45) is 7.33. The molecule has 1 aliphatic carbocycles. The van der Waals surface area contributed by atoms with E-state index in [-0.39, 0.29) is 12.4 Å². The summed E-state index contributed by atoms with van der Waals surface area (Å²) >= 11 is 6.41. The van der Waals surface area contributed by atoms with Gasteiger partial charge in [0.05, 0.1) is 5.60 Å². The predicted octanol–water partition coefficient (Wildman–Crippen LogP) is 4.65. The van der Waals surface area contributed by atoms with Crippen molar-refractivity contribution in [3.05, 3.63) is 53.2 Å². The summed E-state index contributed by atoms with van der Waals surface area (Å²) in [5, 5.41) is 21.3. The Hall–Kier alpha value is -2.97. The smallest absolute Gasteiger partial charge is 0.294 e. The summed E-state index contributed by atoms with van der Waals surface area (Å²) in [7, 11) is 0. The van der Waals surface area contributed by atoms with Crippen molar-refractivity contribution in [2.24, 2.45) is 5.92 Å². The van der Waals surface area contributed by atoms with Gasteiger partial charge in [-0.25, -0.2) is 4.98 Å². The van der Waals surface area contributed by atoms with Gasteiger partial charge in [-0.15, -0.1) is 10.2 Å². The molecule has 0 saturated heterocycles. The van der Waals surface area contributed by atoms with Gasteiger partial charge in [-0.3, -0.25) is 4.79 Å². The molecule has 0 unspecified atom stereocenters. The predicted molar refractivity (Wildman–Crippen MR) is 126 cm³/mol. The molecule has 3 aromatic rings. The SMILES string of the molecule is CC(C)(O)COc1ccc(Cl)c(-c2ccnc(NC(=O)c3nnc(CC4CCCC4)[nH]3)c2)c1. The lowest BCUT2D eigenvalue weighted by molar-refractivity contribution is 0.0285. The van der Waals surface area contributed by atoms with Gasteiger partial charge in [0.1, 0.15) is 24.0 Å². The van der Waals surface area contributed by atoms with Crippen LogP contribution >= 0.6 is 11.6 Å². The highest BCUT2D eigenvalue weighted by Gasteiger charge is 2.19. The first-order valence-corrected chi connectivity index (χ1v) is 11.5. The van der Waals surface area contributed by atoms with Crippen LogP contribution in [0.1, 0.15) is 56.0 Å². The second kappa shape index (κ2) is 9.89. The van der Waals surface area contributed by atoms with Crippen molar-refractivity contribution < 1.29 is 14.6 Å². The van der Waals surface area contributed by atoms with Crippen LogP contribution in [0.15, 0.2) is 36.5 Å². The Bertz CT molecular complexity index is 1120. The van der Waals surface area contributed by atoms with Crippen LogP contribution in [-0.2, 0) is 6.42 Å². The Morgan fingerprint density at radius 3 is 2.79 bits per heavy atom. The number of amides is 1. The van der Waals surface area contributed by atoms with Crippen molar-refractivity contribution in [1.29, 1.82) is 0 Å². The number of ether oxygens (including phenoxy) is 1. The van der Waals surface area contributed by atoms with Gasteiger partial charge in [0.2, 0.25) is 5.82 Å². The molecule has 9 heteroatoms. The largest absolute Gasteiger partial charge is 0.491 e. The molecule has 0 bridgehead atoms. The number of carbonyl (C=O) groups is 1.